The zero-order valence-electron chi connectivity index (χ0n) is 29.6. The fourth-order valence-electron chi connectivity index (χ4n) is 8.09. The van der Waals surface area contributed by atoms with E-state index in [1.54, 1.807) is 0 Å². The maximum Gasteiger partial charge on any atom is 0.164 e. The molecule has 0 saturated carbocycles. The summed E-state index contributed by atoms with van der Waals surface area (Å²) in [5.74, 6) is 1.83. The first kappa shape index (κ1) is 31.1. The number of fused-ring (bicyclic) bond motifs is 9. The molecule has 11 rings (SSSR count). The van der Waals surface area contributed by atoms with Crippen LogP contribution in [-0.4, -0.2) is 15.0 Å². The lowest BCUT2D eigenvalue weighted by atomic mass is 9.92. The van der Waals surface area contributed by atoms with Crippen molar-refractivity contribution in [3.05, 3.63) is 188 Å². The predicted octanol–water partition coefficient (Wildman–Crippen LogP) is 13.6. The van der Waals surface area contributed by atoms with E-state index in [2.05, 4.69) is 140 Å². The lowest BCUT2D eigenvalue weighted by Crippen LogP contribution is -2.00. The van der Waals surface area contributed by atoms with Crippen LogP contribution < -0.4 is 0 Å². The van der Waals surface area contributed by atoms with Crippen LogP contribution in [0.25, 0.3) is 111 Å². The predicted molar refractivity (Wildman–Crippen MR) is 227 cm³/mol. The van der Waals surface area contributed by atoms with E-state index in [1.807, 2.05) is 48.5 Å². The average Bonchev–Trinajstić information content (AvgIpc) is 3.65. The quantitative estimate of drug-likeness (QED) is 0.168. The Morgan fingerprint density at radius 3 is 1.47 bits per heavy atom. The van der Waals surface area contributed by atoms with Gasteiger partial charge in [0.25, 0.3) is 0 Å². The Kier molecular flexibility index (Phi) is 7.14. The molecular weight excluding hydrogens is 671 g/mol. The van der Waals surface area contributed by atoms with Crippen molar-refractivity contribution >= 4 is 54.3 Å². The smallest absolute Gasteiger partial charge is 0.164 e. The van der Waals surface area contributed by atoms with Crippen LogP contribution in [0, 0.1) is 0 Å². The molecule has 0 radical (unpaired) electrons. The minimum absolute atomic E-state index is 0.597. The first-order valence-corrected chi connectivity index (χ1v) is 18.5. The molecule has 0 fully saturated rings. The van der Waals surface area contributed by atoms with Gasteiger partial charge in [-0.05, 0) is 84.9 Å². The van der Waals surface area contributed by atoms with Gasteiger partial charge in [0.15, 0.2) is 17.5 Å². The highest BCUT2D eigenvalue weighted by atomic mass is 16.3. The third-order valence-electron chi connectivity index (χ3n) is 10.7. The second-order valence-corrected chi connectivity index (χ2v) is 14.0. The highest BCUT2D eigenvalue weighted by Gasteiger charge is 2.19. The average molecular weight is 702 g/mol. The van der Waals surface area contributed by atoms with E-state index < -0.39 is 0 Å². The lowest BCUT2D eigenvalue weighted by Gasteiger charge is -2.12. The van der Waals surface area contributed by atoms with Crippen LogP contribution in [0.15, 0.2) is 192 Å². The summed E-state index contributed by atoms with van der Waals surface area (Å²) in [6, 6.07) is 65.7. The zero-order chi connectivity index (χ0) is 36.3. The third-order valence-corrected chi connectivity index (χ3v) is 10.7. The summed E-state index contributed by atoms with van der Waals surface area (Å²) in [5, 5.41) is 9.56. The van der Waals surface area contributed by atoms with Crippen LogP contribution >= 0.6 is 0 Å². The highest BCUT2D eigenvalue weighted by Crippen LogP contribution is 2.40. The van der Waals surface area contributed by atoms with Crippen molar-refractivity contribution in [3.8, 4) is 56.4 Å². The van der Waals surface area contributed by atoms with Crippen molar-refractivity contribution in [1.82, 2.24) is 15.0 Å². The number of hydrogen-bond acceptors (Lipinski definition) is 4. The molecule has 0 unspecified atom stereocenters. The molecule has 0 aliphatic carbocycles. The number of hydrogen-bond donors (Lipinski definition) is 0. The van der Waals surface area contributed by atoms with Crippen molar-refractivity contribution in [2.45, 2.75) is 0 Å². The summed E-state index contributed by atoms with van der Waals surface area (Å²) in [6.45, 7) is 0. The van der Waals surface area contributed by atoms with Crippen LogP contribution in [0.3, 0.4) is 0 Å². The van der Waals surface area contributed by atoms with Gasteiger partial charge in [0, 0.05) is 27.5 Å². The normalized spacial score (nSPS) is 11.6. The van der Waals surface area contributed by atoms with Gasteiger partial charge >= 0.3 is 0 Å². The van der Waals surface area contributed by atoms with Gasteiger partial charge < -0.3 is 4.42 Å². The minimum atomic E-state index is 0.597. The fourth-order valence-corrected chi connectivity index (χ4v) is 8.09. The van der Waals surface area contributed by atoms with E-state index in [-0.39, 0.29) is 0 Å². The number of benzene rings is 9. The molecule has 2 heterocycles. The van der Waals surface area contributed by atoms with Gasteiger partial charge in [-0.2, -0.15) is 0 Å². The van der Waals surface area contributed by atoms with E-state index in [1.165, 1.54) is 32.3 Å². The molecule has 0 saturated heterocycles. The molecular formula is C51H31N3O. The highest BCUT2D eigenvalue weighted by molar-refractivity contribution is 6.25. The van der Waals surface area contributed by atoms with E-state index in [0.29, 0.717) is 17.5 Å². The van der Waals surface area contributed by atoms with Crippen LogP contribution in [0.2, 0.25) is 0 Å². The van der Waals surface area contributed by atoms with Crippen LogP contribution in [0.5, 0.6) is 0 Å². The van der Waals surface area contributed by atoms with E-state index >= 15 is 0 Å². The van der Waals surface area contributed by atoms with Crippen molar-refractivity contribution in [1.29, 1.82) is 0 Å². The molecule has 0 atom stereocenters. The molecule has 0 N–H and O–H groups in total. The number of furan rings is 1. The molecule has 55 heavy (non-hydrogen) atoms. The van der Waals surface area contributed by atoms with Gasteiger partial charge in [0.2, 0.25) is 0 Å². The molecule has 256 valence electrons. The van der Waals surface area contributed by atoms with E-state index in [4.69, 9.17) is 19.4 Å². The van der Waals surface area contributed by atoms with Crippen molar-refractivity contribution in [2.24, 2.45) is 0 Å². The van der Waals surface area contributed by atoms with E-state index in [0.717, 1.165) is 60.9 Å². The summed E-state index contributed by atoms with van der Waals surface area (Å²) in [7, 11) is 0. The molecule has 2 aromatic heterocycles. The SMILES string of the molecule is c1ccc(-c2cccc(-c3nc(-c4ccccc4)nc(-c4cccc5oc6cc(-c7ccc8c9ccccc9c9ccccc9c8c7)ccc6c45)n3)c2)cc1. The molecule has 11 aromatic rings. The first-order chi connectivity index (χ1) is 27.2. The summed E-state index contributed by atoms with van der Waals surface area (Å²) < 4.78 is 6.62. The summed E-state index contributed by atoms with van der Waals surface area (Å²) in [4.78, 5) is 15.3. The summed E-state index contributed by atoms with van der Waals surface area (Å²) in [5.41, 5.74) is 8.83. The second kappa shape index (κ2) is 12.6. The molecule has 0 amide bonds. The Hall–Kier alpha value is -7.43. The molecule has 0 bridgehead atoms. The maximum absolute atomic E-state index is 6.62. The molecule has 9 aromatic carbocycles. The van der Waals surface area contributed by atoms with Gasteiger partial charge in [-0.25, -0.2) is 15.0 Å². The first-order valence-electron chi connectivity index (χ1n) is 18.5. The zero-order valence-corrected chi connectivity index (χ0v) is 29.6. The molecule has 0 spiro atoms. The van der Waals surface area contributed by atoms with Crippen molar-refractivity contribution in [2.75, 3.05) is 0 Å². The summed E-state index contributed by atoms with van der Waals surface area (Å²) in [6.07, 6.45) is 0. The maximum atomic E-state index is 6.62. The Morgan fingerprint density at radius 2 is 0.764 bits per heavy atom. The third kappa shape index (κ3) is 5.26. The van der Waals surface area contributed by atoms with E-state index in [9.17, 15) is 0 Å². The second-order valence-electron chi connectivity index (χ2n) is 14.0. The molecule has 4 heteroatoms. The summed E-state index contributed by atoms with van der Waals surface area (Å²) >= 11 is 0. The molecule has 0 aliphatic heterocycles. The number of rotatable bonds is 5. The number of nitrogens with zero attached hydrogens (tertiary/aromatic N) is 3. The topological polar surface area (TPSA) is 51.8 Å². The van der Waals surface area contributed by atoms with Gasteiger partial charge in [-0.15, -0.1) is 0 Å². The fraction of sp³-hybridized carbons (Fsp3) is 0. The van der Waals surface area contributed by atoms with Crippen LogP contribution in [0.4, 0.5) is 0 Å². The van der Waals surface area contributed by atoms with Crippen LogP contribution in [0.1, 0.15) is 0 Å². The molecule has 0 aliphatic rings. The van der Waals surface area contributed by atoms with Gasteiger partial charge in [0.1, 0.15) is 11.2 Å². The Bertz CT molecular complexity index is 3220. The standard InChI is InChI=1S/C51H31N3O/c1-3-13-32(14-4-1)34-17-11-18-37(29-34)50-52-49(33-15-5-2-6-16-33)53-51(54-50)44-23-12-24-46-48(44)43-28-26-36(31-47(43)55-46)35-25-27-42-40-21-8-7-19-38(40)39-20-9-10-22-41(39)45(42)30-35/h1-31H. The van der Waals surface area contributed by atoms with Gasteiger partial charge in [0.05, 0.1) is 0 Å². The van der Waals surface area contributed by atoms with Gasteiger partial charge in [-0.1, -0.05) is 158 Å². The Morgan fingerprint density at radius 1 is 0.273 bits per heavy atom. The number of aromatic nitrogens is 3. The largest absolute Gasteiger partial charge is 0.456 e. The van der Waals surface area contributed by atoms with Crippen molar-refractivity contribution in [3.63, 3.8) is 0 Å². The lowest BCUT2D eigenvalue weighted by molar-refractivity contribution is 0.669. The van der Waals surface area contributed by atoms with Gasteiger partial charge in [-0.3, -0.25) is 0 Å². The van der Waals surface area contributed by atoms with Crippen molar-refractivity contribution < 1.29 is 4.42 Å². The monoisotopic (exact) mass is 701 g/mol. The Labute approximate surface area is 317 Å². The Balaban J connectivity index is 1.06. The minimum Gasteiger partial charge on any atom is -0.456 e. The molecule has 4 nitrogen and oxygen atoms in total. The van der Waals surface area contributed by atoms with Crippen LogP contribution in [-0.2, 0) is 0 Å².